The highest BCUT2D eigenvalue weighted by Gasteiger charge is 2.40. The first-order valence-corrected chi connectivity index (χ1v) is 4.44. The maximum Gasteiger partial charge on any atom is 0.0118 e. The Balaban J connectivity index is 1.96. The van der Waals surface area contributed by atoms with Gasteiger partial charge >= 0.3 is 0 Å². The SMILES string of the molecule is CN(C)C1CCC2CC1C2. The van der Waals surface area contributed by atoms with Crippen molar-refractivity contribution in [3.05, 3.63) is 0 Å². The maximum absolute atomic E-state index is 2.42. The van der Waals surface area contributed by atoms with Gasteiger partial charge in [-0.05, 0) is 51.6 Å². The number of hydrogen-bond donors (Lipinski definition) is 0. The lowest BCUT2D eigenvalue weighted by Crippen LogP contribution is -2.46. The van der Waals surface area contributed by atoms with Gasteiger partial charge in [-0.3, -0.25) is 0 Å². The fourth-order valence-corrected chi connectivity index (χ4v) is 2.66. The molecule has 1 atom stereocenters. The average Bonchev–Trinajstić information content (AvgIpc) is 1.86. The molecule has 10 heavy (non-hydrogen) atoms. The van der Waals surface area contributed by atoms with E-state index in [-0.39, 0.29) is 0 Å². The Kier molecular flexibility index (Phi) is 1.48. The molecule has 3 saturated carbocycles. The molecule has 1 nitrogen and oxygen atoms in total. The second kappa shape index (κ2) is 2.23. The smallest absolute Gasteiger partial charge is 0.0118 e. The number of rotatable bonds is 1. The topological polar surface area (TPSA) is 3.24 Å². The quantitative estimate of drug-likeness (QED) is 0.535. The minimum atomic E-state index is 0.921. The van der Waals surface area contributed by atoms with Gasteiger partial charge in [0.25, 0.3) is 0 Å². The highest BCUT2D eigenvalue weighted by Crippen LogP contribution is 2.46. The van der Waals surface area contributed by atoms with Crippen molar-refractivity contribution in [3.63, 3.8) is 0 Å². The van der Waals surface area contributed by atoms with Gasteiger partial charge < -0.3 is 4.90 Å². The zero-order valence-corrected chi connectivity index (χ0v) is 7.01. The van der Waals surface area contributed by atoms with Crippen LogP contribution >= 0.6 is 0 Å². The van der Waals surface area contributed by atoms with Crippen LogP contribution in [0.15, 0.2) is 0 Å². The summed E-state index contributed by atoms with van der Waals surface area (Å²) in [6.45, 7) is 0. The van der Waals surface area contributed by atoms with Crippen LogP contribution in [0.25, 0.3) is 0 Å². The van der Waals surface area contributed by atoms with Gasteiger partial charge in [-0.2, -0.15) is 0 Å². The van der Waals surface area contributed by atoms with Crippen molar-refractivity contribution in [2.75, 3.05) is 14.1 Å². The monoisotopic (exact) mass is 139 g/mol. The second-order valence-corrected chi connectivity index (χ2v) is 4.21. The summed E-state index contributed by atoms with van der Waals surface area (Å²) in [6, 6.07) is 0.921. The molecule has 0 aromatic carbocycles. The molecule has 0 aromatic heterocycles. The molecule has 0 spiro atoms. The van der Waals surface area contributed by atoms with Gasteiger partial charge in [0.1, 0.15) is 0 Å². The van der Waals surface area contributed by atoms with Crippen molar-refractivity contribution in [1.82, 2.24) is 4.90 Å². The summed E-state index contributed by atoms with van der Waals surface area (Å²) in [6.07, 6.45) is 6.02. The van der Waals surface area contributed by atoms with Gasteiger partial charge in [0, 0.05) is 6.04 Å². The van der Waals surface area contributed by atoms with Crippen LogP contribution in [0.5, 0.6) is 0 Å². The van der Waals surface area contributed by atoms with Gasteiger partial charge in [-0.25, -0.2) is 0 Å². The summed E-state index contributed by atoms with van der Waals surface area (Å²) in [4.78, 5) is 2.42. The van der Waals surface area contributed by atoms with E-state index in [1.165, 1.54) is 25.7 Å². The van der Waals surface area contributed by atoms with Gasteiger partial charge in [-0.15, -0.1) is 0 Å². The van der Waals surface area contributed by atoms with E-state index < -0.39 is 0 Å². The van der Waals surface area contributed by atoms with E-state index >= 15 is 0 Å². The molecule has 0 aliphatic heterocycles. The van der Waals surface area contributed by atoms with Crippen LogP contribution in [0.4, 0.5) is 0 Å². The summed E-state index contributed by atoms with van der Waals surface area (Å²) in [5.41, 5.74) is 0. The minimum absolute atomic E-state index is 0.921. The standard InChI is InChI=1S/C9H17N/c1-10(2)9-4-3-7-5-8(9)6-7/h7-9H,3-6H2,1-2H3. The third-order valence-electron chi connectivity index (χ3n) is 3.35. The molecule has 3 aliphatic carbocycles. The fourth-order valence-electron chi connectivity index (χ4n) is 2.66. The first-order valence-electron chi connectivity index (χ1n) is 4.44. The van der Waals surface area contributed by atoms with Crippen LogP contribution in [-0.2, 0) is 0 Å². The zero-order chi connectivity index (χ0) is 7.14. The first kappa shape index (κ1) is 6.66. The Morgan fingerprint density at radius 3 is 2.10 bits per heavy atom. The summed E-state index contributed by atoms with van der Waals surface area (Å²) >= 11 is 0. The predicted octanol–water partition coefficient (Wildman–Crippen LogP) is 1.74. The van der Waals surface area contributed by atoms with E-state index in [0.717, 1.165) is 17.9 Å². The minimum Gasteiger partial charge on any atom is -0.306 e. The normalized spacial score (nSPS) is 45.3. The van der Waals surface area contributed by atoms with E-state index in [0.29, 0.717) is 0 Å². The lowest BCUT2D eigenvalue weighted by molar-refractivity contribution is 0.0247. The molecule has 0 saturated heterocycles. The molecule has 1 unspecified atom stereocenters. The van der Waals surface area contributed by atoms with E-state index in [1.807, 2.05) is 0 Å². The average molecular weight is 139 g/mol. The predicted molar refractivity (Wildman–Crippen MR) is 42.9 cm³/mol. The van der Waals surface area contributed by atoms with Crippen molar-refractivity contribution in [2.24, 2.45) is 11.8 Å². The van der Waals surface area contributed by atoms with E-state index in [2.05, 4.69) is 19.0 Å². The van der Waals surface area contributed by atoms with Crippen molar-refractivity contribution >= 4 is 0 Å². The van der Waals surface area contributed by atoms with E-state index in [1.54, 1.807) is 0 Å². The molecular weight excluding hydrogens is 122 g/mol. The third-order valence-corrected chi connectivity index (χ3v) is 3.35. The molecule has 58 valence electrons. The summed E-state index contributed by atoms with van der Waals surface area (Å²) < 4.78 is 0. The summed E-state index contributed by atoms with van der Waals surface area (Å²) in [5, 5.41) is 0. The number of fused-ring (bicyclic) bond motifs is 2. The Hall–Kier alpha value is -0.0400. The van der Waals surface area contributed by atoms with Crippen LogP contribution < -0.4 is 0 Å². The van der Waals surface area contributed by atoms with Crippen LogP contribution in [0.1, 0.15) is 25.7 Å². The first-order chi connectivity index (χ1) is 4.77. The van der Waals surface area contributed by atoms with Crippen LogP contribution in [0.3, 0.4) is 0 Å². The molecule has 0 radical (unpaired) electrons. The van der Waals surface area contributed by atoms with Gasteiger partial charge in [0.15, 0.2) is 0 Å². The van der Waals surface area contributed by atoms with Crippen LogP contribution in [-0.4, -0.2) is 25.0 Å². The molecule has 0 amide bonds. The lowest BCUT2D eigenvalue weighted by atomic mass is 9.62. The van der Waals surface area contributed by atoms with Crippen molar-refractivity contribution in [2.45, 2.75) is 31.7 Å². The zero-order valence-electron chi connectivity index (χ0n) is 7.01. The Morgan fingerprint density at radius 1 is 1.10 bits per heavy atom. The fraction of sp³-hybridized carbons (Fsp3) is 1.00. The van der Waals surface area contributed by atoms with Crippen molar-refractivity contribution in [1.29, 1.82) is 0 Å². The molecular formula is C9H17N. The van der Waals surface area contributed by atoms with E-state index in [9.17, 15) is 0 Å². The molecule has 3 fully saturated rings. The van der Waals surface area contributed by atoms with Crippen molar-refractivity contribution < 1.29 is 0 Å². The van der Waals surface area contributed by atoms with Gasteiger partial charge in [0.05, 0.1) is 0 Å². The molecule has 0 aromatic rings. The molecule has 3 aliphatic rings. The highest BCUT2D eigenvalue weighted by molar-refractivity contribution is 4.93. The maximum atomic E-state index is 2.42. The van der Waals surface area contributed by atoms with Crippen LogP contribution in [0.2, 0.25) is 0 Å². The van der Waals surface area contributed by atoms with Crippen molar-refractivity contribution in [3.8, 4) is 0 Å². The summed E-state index contributed by atoms with van der Waals surface area (Å²) in [5.74, 6) is 2.19. The third kappa shape index (κ3) is 0.878. The molecule has 2 bridgehead atoms. The lowest BCUT2D eigenvalue weighted by Gasteiger charge is -2.49. The van der Waals surface area contributed by atoms with E-state index in [4.69, 9.17) is 0 Å². The Morgan fingerprint density at radius 2 is 1.80 bits per heavy atom. The molecule has 0 N–H and O–H groups in total. The molecule has 1 heteroatoms. The highest BCUT2D eigenvalue weighted by atomic mass is 15.1. The second-order valence-electron chi connectivity index (χ2n) is 4.21. The Bertz CT molecular complexity index is 122. The molecule has 3 rings (SSSR count). The van der Waals surface area contributed by atoms with Gasteiger partial charge in [0.2, 0.25) is 0 Å². The van der Waals surface area contributed by atoms with Gasteiger partial charge in [-0.1, -0.05) is 0 Å². The molecule has 0 heterocycles. The summed E-state index contributed by atoms with van der Waals surface area (Å²) in [7, 11) is 4.45. The Labute approximate surface area is 63.4 Å². The number of nitrogens with zero attached hydrogens (tertiary/aromatic N) is 1. The number of hydrogen-bond acceptors (Lipinski definition) is 1. The largest absolute Gasteiger partial charge is 0.306 e. The van der Waals surface area contributed by atoms with Crippen LogP contribution in [0, 0.1) is 11.8 Å².